The van der Waals surface area contributed by atoms with Gasteiger partial charge >= 0.3 is 0 Å². The van der Waals surface area contributed by atoms with Gasteiger partial charge in [0.1, 0.15) is 25.3 Å². The Morgan fingerprint density at radius 1 is 0.568 bits per heavy atom. The summed E-state index contributed by atoms with van der Waals surface area (Å²) >= 11 is 0. The molecule has 0 aromatic heterocycles. The molecule has 0 saturated heterocycles. The lowest BCUT2D eigenvalue weighted by Crippen LogP contribution is -2.10. The topological polar surface area (TPSA) is 98.6 Å². The number of hydrogen-bond acceptors (Lipinski definition) is 10. The van der Waals surface area contributed by atoms with Crippen LogP contribution in [0.15, 0.2) is 82.8 Å². The van der Waals surface area contributed by atoms with Gasteiger partial charge in [0.15, 0.2) is 23.0 Å². The zero-order valence-corrected chi connectivity index (χ0v) is 24.1. The minimum absolute atomic E-state index is 0.0499. The first-order chi connectivity index (χ1) is 21.7. The smallest absolute Gasteiger partial charge is 0.231 e. The molecule has 8 rings (SSSR count). The second kappa shape index (κ2) is 10.7. The molecule has 0 radical (unpaired) electrons. The van der Waals surface area contributed by atoms with E-state index in [0.717, 1.165) is 11.1 Å². The average molecular weight is 593 g/mol. The van der Waals surface area contributed by atoms with E-state index in [1.54, 1.807) is 14.2 Å². The third-order valence-electron chi connectivity index (χ3n) is 8.03. The molecule has 2 atom stereocenters. The first kappa shape index (κ1) is 26.3. The number of methoxy groups -OCH3 is 2. The summed E-state index contributed by atoms with van der Waals surface area (Å²) in [6.45, 7) is 0.868. The summed E-state index contributed by atoms with van der Waals surface area (Å²) in [5.74, 6) is 3.71. The van der Waals surface area contributed by atoms with Gasteiger partial charge < -0.3 is 37.9 Å². The molecule has 0 fully saturated rings. The molecule has 4 heterocycles. The lowest BCUT2D eigenvalue weighted by atomic mass is 9.91. The van der Waals surface area contributed by atoms with E-state index in [9.17, 15) is 0 Å². The van der Waals surface area contributed by atoms with Gasteiger partial charge in [0.2, 0.25) is 36.9 Å². The van der Waals surface area contributed by atoms with Crippen LogP contribution < -0.4 is 28.4 Å². The molecule has 222 valence electrons. The Labute approximate surface area is 253 Å². The van der Waals surface area contributed by atoms with E-state index in [4.69, 9.17) is 47.9 Å². The maximum Gasteiger partial charge on any atom is 0.231 e. The normalized spacial score (nSPS) is 19.2. The molecule has 0 saturated carbocycles. The maximum absolute atomic E-state index is 6.27. The van der Waals surface area contributed by atoms with Crippen molar-refractivity contribution in [2.24, 2.45) is 9.98 Å². The van der Waals surface area contributed by atoms with E-state index in [1.807, 2.05) is 72.8 Å². The molecule has 4 aromatic carbocycles. The summed E-state index contributed by atoms with van der Waals surface area (Å²) in [5, 5.41) is 0. The summed E-state index contributed by atoms with van der Waals surface area (Å²) in [6.07, 6.45) is 0. The van der Waals surface area contributed by atoms with Crippen molar-refractivity contribution in [2.75, 3.05) is 41.0 Å². The summed E-state index contributed by atoms with van der Waals surface area (Å²) in [4.78, 5) is 10.0. The molecular weight excluding hydrogens is 564 g/mol. The van der Waals surface area contributed by atoms with E-state index >= 15 is 0 Å². The molecule has 0 bridgehead atoms. The predicted octanol–water partition coefficient (Wildman–Crippen LogP) is 5.86. The predicted molar refractivity (Wildman–Crippen MR) is 161 cm³/mol. The Balaban J connectivity index is 1.37. The van der Waals surface area contributed by atoms with Gasteiger partial charge in [-0.1, -0.05) is 60.7 Å². The molecule has 44 heavy (non-hydrogen) atoms. The number of hydrogen-bond donors (Lipinski definition) is 0. The molecule has 0 aliphatic carbocycles. The Bertz CT molecular complexity index is 1670. The molecule has 4 aliphatic rings. The second-order valence-corrected chi connectivity index (χ2v) is 10.5. The summed E-state index contributed by atoms with van der Waals surface area (Å²) < 4.78 is 48.1. The van der Waals surface area contributed by atoms with Crippen LogP contribution in [0.4, 0.5) is 0 Å². The van der Waals surface area contributed by atoms with Gasteiger partial charge in [-0.05, 0) is 23.3 Å². The molecule has 4 aromatic rings. The zero-order chi connectivity index (χ0) is 29.6. The Morgan fingerprint density at radius 3 is 1.41 bits per heavy atom. The van der Waals surface area contributed by atoms with Gasteiger partial charge in [-0.15, -0.1) is 0 Å². The van der Waals surface area contributed by atoms with Crippen LogP contribution in [0.1, 0.15) is 34.3 Å². The minimum Gasteiger partial charge on any atom is -0.492 e. The van der Waals surface area contributed by atoms with E-state index in [0.29, 0.717) is 81.8 Å². The second-order valence-electron chi connectivity index (χ2n) is 10.5. The van der Waals surface area contributed by atoms with E-state index in [-0.39, 0.29) is 25.7 Å². The van der Waals surface area contributed by atoms with E-state index < -0.39 is 0 Å². The van der Waals surface area contributed by atoms with Crippen LogP contribution in [-0.2, 0) is 9.47 Å². The van der Waals surface area contributed by atoms with Crippen LogP contribution in [0.2, 0.25) is 0 Å². The minimum atomic E-state index is -0.178. The largest absolute Gasteiger partial charge is 0.492 e. The van der Waals surface area contributed by atoms with Gasteiger partial charge in [-0.3, -0.25) is 0 Å². The van der Waals surface area contributed by atoms with E-state index in [2.05, 4.69) is 0 Å². The summed E-state index contributed by atoms with van der Waals surface area (Å²) in [6, 6.07) is 23.5. The third-order valence-corrected chi connectivity index (χ3v) is 8.03. The fourth-order valence-corrected chi connectivity index (χ4v) is 5.98. The first-order valence-electron chi connectivity index (χ1n) is 14.3. The quantitative estimate of drug-likeness (QED) is 0.263. The number of ether oxygens (including phenoxy) is 8. The molecule has 0 amide bonds. The van der Waals surface area contributed by atoms with Crippen LogP contribution >= 0.6 is 0 Å². The van der Waals surface area contributed by atoms with Gasteiger partial charge in [0.05, 0.1) is 25.3 Å². The van der Waals surface area contributed by atoms with Crippen molar-refractivity contribution < 1.29 is 37.9 Å². The Kier molecular flexibility index (Phi) is 6.40. The van der Waals surface area contributed by atoms with Crippen molar-refractivity contribution in [3.8, 4) is 45.6 Å². The van der Waals surface area contributed by atoms with Gasteiger partial charge in [-0.2, -0.15) is 0 Å². The molecule has 0 spiro atoms. The maximum atomic E-state index is 6.27. The van der Waals surface area contributed by atoms with Crippen molar-refractivity contribution in [1.29, 1.82) is 0 Å². The van der Waals surface area contributed by atoms with Crippen LogP contribution in [0, 0.1) is 0 Å². The highest BCUT2D eigenvalue weighted by Gasteiger charge is 2.38. The summed E-state index contributed by atoms with van der Waals surface area (Å²) in [5.41, 5.74) is 4.62. The van der Waals surface area contributed by atoms with Gasteiger partial charge in [0, 0.05) is 11.1 Å². The molecule has 4 aliphatic heterocycles. The lowest BCUT2D eigenvalue weighted by Gasteiger charge is -2.21. The van der Waals surface area contributed by atoms with Crippen molar-refractivity contribution >= 4 is 11.8 Å². The first-order valence-corrected chi connectivity index (χ1v) is 14.3. The molecule has 10 heteroatoms. The highest BCUT2D eigenvalue weighted by Crippen LogP contribution is 2.56. The zero-order valence-electron chi connectivity index (χ0n) is 24.1. The number of benzene rings is 4. The van der Waals surface area contributed by atoms with Gasteiger partial charge in [-0.25, -0.2) is 9.98 Å². The Morgan fingerprint density at radius 2 is 1.00 bits per heavy atom. The number of aliphatic imine (C=N–C) groups is 2. The monoisotopic (exact) mass is 592 g/mol. The number of fused-ring (bicyclic) bond motifs is 2. The molecule has 0 N–H and O–H groups in total. The SMILES string of the molecule is COc1c2c(cc(C3=N[C@@H](c4ccccc4)CO3)c1-c1c(C3=N[C@@H](c4ccccc4)CO3)cc3c(c1OC)OCO3)OCO2. The van der Waals surface area contributed by atoms with Crippen LogP contribution in [0.25, 0.3) is 11.1 Å². The highest BCUT2D eigenvalue weighted by molar-refractivity contribution is 6.11. The fourth-order valence-electron chi connectivity index (χ4n) is 5.98. The Hall–Kier alpha value is -5.38. The van der Waals surface area contributed by atoms with Crippen LogP contribution in [-0.4, -0.2) is 52.8 Å². The van der Waals surface area contributed by atoms with Gasteiger partial charge in [0.25, 0.3) is 0 Å². The fraction of sp³-hybridized carbons (Fsp3) is 0.235. The van der Waals surface area contributed by atoms with Crippen molar-refractivity contribution in [3.05, 3.63) is 95.1 Å². The molecular formula is C34H28N2O8. The van der Waals surface area contributed by atoms with Crippen LogP contribution in [0.5, 0.6) is 34.5 Å². The van der Waals surface area contributed by atoms with Crippen molar-refractivity contribution in [2.45, 2.75) is 12.1 Å². The summed E-state index contributed by atoms with van der Waals surface area (Å²) in [7, 11) is 3.17. The standard InChI is InChI=1S/C34H28N2O8/c1-37-31-27(21(13-25-29(31)43-17-41-25)33-35-23(15-39-33)19-9-5-3-6-10-19)28-22(14-26-30(32(28)38-2)44-18-42-26)34-36-24(16-40-34)20-11-7-4-8-12-20/h3-14,23-24H,15-18H2,1-2H3/t23-,24-/m1/s1. The molecule has 0 unspecified atom stereocenters. The third kappa shape index (κ3) is 4.24. The van der Waals surface area contributed by atoms with Crippen molar-refractivity contribution in [3.63, 3.8) is 0 Å². The highest BCUT2D eigenvalue weighted by atomic mass is 16.7. The van der Waals surface area contributed by atoms with E-state index in [1.165, 1.54) is 0 Å². The van der Waals surface area contributed by atoms with Crippen molar-refractivity contribution in [1.82, 2.24) is 0 Å². The number of rotatable bonds is 7. The molecule has 10 nitrogen and oxygen atoms in total. The number of nitrogens with zero attached hydrogens (tertiary/aromatic N) is 2. The average Bonchev–Trinajstić information content (AvgIpc) is 3.90. The lowest BCUT2D eigenvalue weighted by molar-refractivity contribution is 0.171. The van der Waals surface area contributed by atoms with Crippen LogP contribution in [0.3, 0.4) is 0 Å².